The lowest BCUT2D eigenvalue weighted by atomic mass is 10.2. The van der Waals surface area contributed by atoms with Crippen molar-refractivity contribution in [3.05, 3.63) is 22.2 Å². The van der Waals surface area contributed by atoms with Crippen molar-refractivity contribution in [3.63, 3.8) is 0 Å². The number of nitrogens with zero attached hydrogens (tertiary/aromatic N) is 2. The third kappa shape index (κ3) is 3.86. The van der Waals surface area contributed by atoms with Crippen LogP contribution in [-0.2, 0) is 0 Å². The summed E-state index contributed by atoms with van der Waals surface area (Å²) in [5, 5.41) is 11.8. The summed E-state index contributed by atoms with van der Waals surface area (Å²) in [4.78, 5) is 2.38. The van der Waals surface area contributed by atoms with Gasteiger partial charge < -0.3 is 14.7 Å². The van der Waals surface area contributed by atoms with Gasteiger partial charge in [-0.1, -0.05) is 21.1 Å². The highest BCUT2D eigenvalue weighted by Gasteiger charge is 2.14. The van der Waals surface area contributed by atoms with E-state index in [0.717, 1.165) is 24.1 Å². The molecule has 0 radical (unpaired) electrons. The molecule has 2 rings (SSSR count). The molecule has 0 spiro atoms. The molecule has 6 heteroatoms. The molecule has 0 aromatic heterocycles. The van der Waals surface area contributed by atoms with Crippen LogP contribution in [0.3, 0.4) is 0 Å². The highest BCUT2D eigenvalue weighted by atomic mass is 79.9. The molecule has 0 atom stereocenters. The van der Waals surface area contributed by atoms with Crippen LogP contribution in [0, 0.1) is 0 Å². The molecule has 1 N–H and O–H groups in total. The lowest BCUT2D eigenvalue weighted by Crippen LogP contribution is -2.25. The molecule has 1 aliphatic heterocycles. The number of likely N-dealkylation sites (tertiary alicyclic amines) is 1. The molecule has 0 amide bonds. The molecule has 110 valence electrons. The van der Waals surface area contributed by atoms with E-state index < -0.39 is 0 Å². The molecule has 0 bridgehead atoms. The van der Waals surface area contributed by atoms with Crippen LogP contribution in [0.5, 0.6) is 11.5 Å². The van der Waals surface area contributed by atoms with E-state index in [2.05, 4.69) is 26.0 Å². The molecule has 1 aromatic rings. The van der Waals surface area contributed by atoms with E-state index in [4.69, 9.17) is 14.7 Å². The van der Waals surface area contributed by atoms with Gasteiger partial charge >= 0.3 is 0 Å². The Labute approximate surface area is 127 Å². The van der Waals surface area contributed by atoms with Gasteiger partial charge in [-0.25, -0.2) is 0 Å². The summed E-state index contributed by atoms with van der Waals surface area (Å²) in [5.41, 5.74) is 0.681. The second kappa shape index (κ2) is 7.50. The minimum Gasteiger partial charge on any atom is -0.493 e. The minimum absolute atomic E-state index is 0.588. The zero-order valence-corrected chi connectivity index (χ0v) is 13.1. The standard InChI is InChI=1S/C14H19BrN2O3/c1-19-13-9-12(15)8-11(10-16-18)14(13)20-7-6-17-4-2-3-5-17/h8-10,18H,2-7H2,1H3. The van der Waals surface area contributed by atoms with Gasteiger partial charge in [-0.05, 0) is 38.1 Å². The number of oxime groups is 1. The first-order chi connectivity index (χ1) is 9.74. The van der Waals surface area contributed by atoms with Gasteiger partial charge in [0.2, 0.25) is 0 Å². The summed E-state index contributed by atoms with van der Waals surface area (Å²) in [5.74, 6) is 1.23. The van der Waals surface area contributed by atoms with Crippen molar-refractivity contribution >= 4 is 22.1 Å². The molecule has 20 heavy (non-hydrogen) atoms. The summed E-state index contributed by atoms with van der Waals surface area (Å²) < 4.78 is 12.0. The van der Waals surface area contributed by atoms with Crippen molar-refractivity contribution in [2.75, 3.05) is 33.4 Å². The zero-order valence-electron chi connectivity index (χ0n) is 11.5. The van der Waals surface area contributed by atoms with Crippen LogP contribution in [0.15, 0.2) is 21.8 Å². The molecule has 1 fully saturated rings. The van der Waals surface area contributed by atoms with Gasteiger partial charge in [0.25, 0.3) is 0 Å². The van der Waals surface area contributed by atoms with E-state index in [1.165, 1.54) is 19.1 Å². The first-order valence-corrected chi connectivity index (χ1v) is 7.44. The molecule has 0 unspecified atom stereocenters. The molecular formula is C14H19BrN2O3. The Morgan fingerprint density at radius 2 is 2.15 bits per heavy atom. The van der Waals surface area contributed by atoms with Crippen LogP contribution in [0.4, 0.5) is 0 Å². The number of hydrogen-bond donors (Lipinski definition) is 1. The number of benzene rings is 1. The van der Waals surface area contributed by atoms with Crippen LogP contribution in [0.25, 0.3) is 0 Å². The number of rotatable bonds is 6. The highest BCUT2D eigenvalue weighted by Crippen LogP contribution is 2.34. The highest BCUT2D eigenvalue weighted by molar-refractivity contribution is 9.10. The van der Waals surface area contributed by atoms with Crippen molar-refractivity contribution in [3.8, 4) is 11.5 Å². The lowest BCUT2D eigenvalue weighted by Gasteiger charge is -2.17. The van der Waals surface area contributed by atoms with Crippen molar-refractivity contribution in [1.82, 2.24) is 4.90 Å². The number of methoxy groups -OCH3 is 1. The smallest absolute Gasteiger partial charge is 0.170 e. The Balaban J connectivity index is 2.07. The maximum Gasteiger partial charge on any atom is 0.170 e. The van der Waals surface area contributed by atoms with Crippen molar-refractivity contribution in [2.24, 2.45) is 5.16 Å². The third-order valence-electron chi connectivity index (χ3n) is 3.32. The molecule has 1 aromatic carbocycles. The SMILES string of the molecule is COc1cc(Br)cc(C=NO)c1OCCN1CCCC1. The largest absolute Gasteiger partial charge is 0.493 e. The average Bonchev–Trinajstić information content (AvgIpc) is 2.94. The van der Waals surface area contributed by atoms with E-state index in [9.17, 15) is 0 Å². The van der Waals surface area contributed by atoms with Gasteiger partial charge in [0, 0.05) is 16.6 Å². The topological polar surface area (TPSA) is 54.3 Å². The van der Waals surface area contributed by atoms with Crippen molar-refractivity contribution < 1.29 is 14.7 Å². The summed E-state index contributed by atoms with van der Waals surface area (Å²) >= 11 is 3.39. The van der Waals surface area contributed by atoms with E-state index in [1.807, 2.05) is 12.1 Å². The summed E-state index contributed by atoms with van der Waals surface area (Å²) in [7, 11) is 1.59. The maximum atomic E-state index is 8.75. The Morgan fingerprint density at radius 1 is 1.40 bits per heavy atom. The summed E-state index contributed by atoms with van der Waals surface area (Å²) in [6.45, 7) is 3.77. The Kier molecular flexibility index (Phi) is 5.67. The number of halogens is 1. The molecule has 5 nitrogen and oxygen atoms in total. The number of ether oxygens (including phenoxy) is 2. The van der Waals surface area contributed by atoms with Crippen LogP contribution < -0.4 is 9.47 Å². The van der Waals surface area contributed by atoms with Gasteiger partial charge in [-0.2, -0.15) is 0 Å². The first kappa shape index (κ1) is 15.1. The molecule has 1 aliphatic rings. The molecule has 1 saturated heterocycles. The van der Waals surface area contributed by atoms with Gasteiger partial charge in [0.1, 0.15) is 6.61 Å². The monoisotopic (exact) mass is 342 g/mol. The number of hydrogen-bond acceptors (Lipinski definition) is 5. The van der Waals surface area contributed by atoms with Crippen LogP contribution in [-0.4, -0.2) is 49.7 Å². The third-order valence-corrected chi connectivity index (χ3v) is 3.78. The Bertz CT molecular complexity index is 474. The van der Waals surface area contributed by atoms with Gasteiger partial charge in [0.15, 0.2) is 11.5 Å². The van der Waals surface area contributed by atoms with E-state index in [-0.39, 0.29) is 0 Å². The lowest BCUT2D eigenvalue weighted by molar-refractivity contribution is 0.230. The van der Waals surface area contributed by atoms with Crippen LogP contribution >= 0.6 is 15.9 Å². The molecule has 1 heterocycles. The summed E-state index contributed by atoms with van der Waals surface area (Å²) in [6, 6.07) is 3.66. The van der Waals surface area contributed by atoms with Gasteiger partial charge in [0.05, 0.1) is 13.3 Å². The van der Waals surface area contributed by atoms with Crippen molar-refractivity contribution in [1.29, 1.82) is 0 Å². The fraction of sp³-hybridized carbons (Fsp3) is 0.500. The normalized spacial score (nSPS) is 15.9. The average molecular weight is 343 g/mol. The van der Waals surface area contributed by atoms with Crippen LogP contribution in [0.1, 0.15) is 18.4 Å². The Morgan fingerprint density at radius 3 is 2.80 bits per heavy atom. The predicted octanol–water partition coefficient (Wildman–Crippen LogP) is 2.74. The fourth-order valence-electron chi connectivity index (χ4n) is 2.34. The Hall–Kier alpha value is -1.27. The minimum atomic E-state index is 0.588. The van der Waals surface area contributed by atoms with Gasteiger partial charge in [-0.3, -0.25) is 4.90 Å². The second-order valence-electron chi connectivity index (χ2n) is 4.67. The predicted molar refractivity (Wildman–Crippen MR) is 81.2 cm³/mol. The van der Waals surface area contributed by atoms with Crippen molar-refractivity contribution in [2.45, 2.75) is 12.8 Å². The zero-order chi connectivity index (χ0) is 14.4. The quantitative estimate of drug-likeness (QED) is 0.490. The van der Waals surface area contributed by atoms with E-state index >= 15 is 0 Å². The molecule has 0 aliphatic carbocycles. The fourth-order valence-corrected chi connectivity index (χ4v) is 2.79. The van der Waals surface area contributed by atoms with E-state index in [0.29, 0.717) is 23.7 Å². The van der Waals surface area contributed by atoms with Crippen LogP contribution in [0.2, 0.25) is 0 Å². The maximum absolute atomic E-state index is 8.75. The molecular weight excluding hydrogens is 324 g/mol. The first-order valence-electron chi connectivity index (χ1n) is 6.64. The summed E-state index contributed by atoms with van der Waals surface area (Å²) in [6.07, 6.45) is 3.88. The molecule has 0 saturated carbocycles. The van der Waals surface area contributed by atoms with E-state index in [1.54, 1.807) is 7.11 Å². The van der Waals surface area contributed by atoms with Gasteiger partial charge in [-0.15, -0.1) is 0 Å². The second-order valence-corrected chi connectivity index (χ2v) is 5.58.